The first kappa shape index (κ1) is 11.6. The molecule has 1 aromatic carbocycles. The molecule has 0 atom stereocenters. The molecule has 0 fully saturated rings. The Kier molecular flexibility index (Phi) is 3.97. The molecule has 0 amide bonds. The number of carboxylic acid groups (broad SMARTS) is 1. The van der Waals surface area contributed by atoms with Gasteiger partial charge in [0.2, 0.25) is 0 Å². The van der Waals surface area contributed by atoms with Gasteiger partial charge in [-0.1, -0.05) is 24.3 Å². The summed E-state index contributed by atoms with van der Waals surface area (Å²) in [6.45, 7) is 0. The molecule has 16 heavy (non-hydrogen) atoms. The number of para-hydroxylation sites is 1. The number of hydrogen-bond donors (Lipinski definition) is 1. The molecule has 1 rings (SSSR count). The summed E-state index contributed by atoms with van der Waals surface area (Å²) in [5, 5.41) is 18.9. The molecule has 0 unspecified atom stereocenters. The standard InChI is InChI=1S/C11H9NO4/c13-11(14)8-4-2-6-9-5-1-3-7-10(9)12(15)16/h1-8H,(H,13,14)/b6-2-,8-4-. The van der Waals surface area contributed by atoms with E-state index in [1.165, 1.54) is 24.3 Å². The molecule has 0 aliphatic carbocycles. The summed E-state index contributed by atoms with van der Waals surface area (Å²) < 4.78 is 0. The molecule has 5 heteroatoms. The third-order valence-electron chi connectivity index (χ3n) is 1.76. The van der Waals surface area contributed by atoms with Crippen molar-refractivity contribution in [3.05, 3.63) is 58.2 Å². The number of carboxylic acids is 1. The van der Waals surface area contributed by atoms with Gasteiger partial charge in [-0.05, 0) is 12.1 Å². The lowest BCUT2D eigenvalue weighted by Crippen LogP contribution is -1.90. The fourth-order valence-electron chi connectivity index (χ4n) is 1.09. The summed E-state index contributed by atoms with van der Waals surface area (Å²) in [6.07, 6.45) is 5.18. The number of allylic oxidation sites excluding steroid dienone is 2. The Bertz CT molecular complexity index is 463. The smallest absolute Gasteiger partial charge is 0.328 e. The minimum absolute atomic E-state index is 0.0116. The number of nitro benzene ring substituents is 1. The van der Waals surface area contributed by atoms with Crippen molar-refractivity contribution in [3.8, 4) is 0 Å². The van der Waals surface area contributed by atoms with Crippen molar-refractivity contribution in [2.45, 2.75) is 0 Å². The number of carbonyl (C=O) groups is 1. The van der Waals surface area contributed by atoms with Gasteiger partial charge in [-0.3, -0.25) is 10.1 Å². The van der Waals surface area contributed by atoms with E-state index in [0.29, 0.717) is 5.56 Å². The van der Waals surface area contributed by atoms with Crippen LogP contribution in [0.2, 0.25) is 0 Å². The molecule has 0 bridgehead atoms. The van der Waals surface area contributed by atoms with E-state index in [4.69, 9.17) is 5.11 Å². The number of nitro groups is 1. The SMILES string of the molecule is O=C(O)/C=C\C=C/c1ccccc1[N+](=O)[O-]. The first-order valence-corrected chi connectivity index (χ1v) is 4.42. The molecule has 0 saturated carbocycles. The van der Waals surface area contributed by atoms with Gasteiger partial charge in [0, 0.05) is 12.1 Å². The van der Waals surface area contributed by atoms with Gasteiger partial charge < -0.3 is 5.11 Å². The van der Waals surface area contributed by atoms with Crippen LogP contribution in [0.1, 0.15) is 5.56 Å². The zero-order chi connectivity index (χ0) is 12.0. The third-order valence-corrected chi connectivity index (χ3v) is 1.76. The van der Waals surface area contributed by atoms with Crippen LogP contribution in [0.3, 0.4) is 0 Å². The highest BCUT2D eigenvalue weighted by atomic mass is 16.6. The summed E-state index contributed by atoms with van der Waals surface area (Å²) in [6, 6.07) is 6.22. The van der Waals surface area contributed by atoms with Crippen LogP contribution < -0.4 is 0 Å². The number of rotatable bonds is 4. The molecule has 0 aliphatic heterocycles. The summed E-state index contributed by atoms with van der Waals surface area (Å²) in [7, 11) is 0. The third kappa shape index (κ3) is 3.38. The number of benzene rings is 1. The number of aliphatic carboxylic acids is 1. The second kappa shape index (κ2) is 5.45. The Morgan fingerprint density at radius 3 is 2.62 bits per heavy atom. The predicted octanol–water partition coefficient (Wildman–Crippen LogP) is 2.25. The first-order chi connectivity index (χ1) is 7.61. The van der Waals surface area contributed by atoms with E-state index < -0.39 is 10.9 Å². The van der Waals surface area contributed by atoms with Gasteiger partial charge in [0.25, 0.3) is 5.69 Å². The maximum atomic E-state index is 10.6. The van der Waals surface area contributed by atoms with Crippen LogP contribution in [0, 0.1) is 10.1 Å². The molecule has 1 N–H and O–H groups in total. The topological polar surface area (TPSA) is 80.4 Å². The minimum Gasteiger partial charge on any atom is -0.478 e. The van der Waals surface area contributed by atoms with Crippen molar-refractivity contribution >= 4 is 17.7 Å². The summed E-state index contributed by atoms with van der Waals surface area (Å²) in [5.74, 6) is -1.06. The van der Waals surface area contributed by atoms with Crippen molar-refractivity contribution in [1.82, 2.24) is 0 Å². The van der Waals surface area contributed by atoms with E-state index in [9.17, 15) is 14.9 Å². The van der Waals surface area contributed by atoms with Crippen LogP contribution in [0.5, 0.6) is 0 Å². The second-order valence-electron chi connectivity index (χ2n) is 2.87. The molecular weight excluding hydrogens is 210 g/mol. The van der Waals surface area contributed by atoms with Gasteiger partial charge in [0.05, 0.1) is 10.5 Å². The Hall–Kier alpha value is -2.43. The Labute approximate surface area is 91.5 Å². The van der Waals surface area contributed by atoms with Crippen LogP contribution in [-0.4, -0.2) is 16.0 Å². The lowest BCUT2D eigenvalue weighted by atomic mass is 10.1. The molecule has 0 spiro atoms. The highest BCUT2D eigenvalue weighted by molar-refractivity contribution is 5.80. The quantitative estimate of drug-likeness (QED) is 0.364. The van der Waals surface area contributed by atoms with Crippen molar-refractivity contribution < 1.29 is 14.8 Å². The van der Waals surface area contributed by atoms with E-state index in [2.05, 4.69) is 0 Å². The minimum atomic E-state index is -1.06. The van der Waals surface area contributed by atoms with Crippen molar-refractivity contribution in [3.63, 3.8) is 0 Å². The molecule has 82 valence electrons. The zero-order valence-electron chi connectivity index (χ0n) is 8.24. The predicted molar refractivity (Wildman–Crippen MR) is 58.9 cm³/mol. The van der Waals surface area contributed by atoms with Crippen molar-refractivity contribution in [1.29, 1.82) is 0 Å². The van der Waals surface area contributed by atoms with E-state index in [1.807, 2.05) is 0 Å². The van der Waals surface area contributed by atoms with Gasteiger partial charge in [0.15, 0.2) is 0 Å². The van der Waals surface area contributed by atoms with Gasteiger partial charge in [-0.15, -0.1) is 0 Å². The fraction of sp³-hybridized carbons (Fsp3) is 0. The van der Waals surface area contributed by atoms with Crippen LogP contribution in [0.4, 0.5) is 5.69 Å². The largest absolute Gasteiger partial charge is 0.478 e. The fourth-order valence-corrected chi connectivity index (χ4v) is 1.09. The van der Waals surface area contributed by atoms with Crippen molar-refractivity contribution in [2.24, 2.45) is 0 Å². The Morgan fingerprint density at radius 1 is 1.31 bits per heavy atom. The van der Waals surface area contributed by atoms with E-state index >= 15 is 0 Å². The van der Waals surface area contributed by atoms with E-state index in [0.717, 1.165) is 6.08 Å². The van der Waals surface area contributed by atoms with Gasteiger partial charge in [0.1, 0.15) is 0 Å². The number of hydrogen-bond acceptors (Lipinski definition) is 3. The molecule has 1 aromatic rings. The van der Waals surface area contributed by atoms with Crippen molar-refractivity contribution in [2.75, 3.05) is 0 Å². The maximum Gasteiger partial charge on any atom is 0.328 e. The van der Waals surface area contributed by atoms with Crippen LogP contribution in [-0.2, 0) is 4.79 Å². The van der Waals surface area contributed by atoms with E-state index in [-0.39, 0.29) is 5.69 Å². The normalized spacial score (nSPS) is 11.0. The first-order valence-electron chi connectivity index (χ1n) is 4.42. The molecular formula is C11H9NO4. The molecule has 0 heterocycles. The maximum absolute atomic E-state index is 10.6. The van der Waals surface area contributed by atoms with Gasteiger partial charge in [-0.25, -0.2) is 4.79 Å². The lowest BCUT2D eigenvalue weighted by Gasteiger charge is -1.94. The lowest BCUT2D eigenvalue weighted by molar-refractivity contribution is -0.385. The molecule has 0 aromatic heterocycles. The van der Waals surface area contributed by atoms with Gasteiger partial charge in [-0.2, -0.15) is 0 Å². The summed E-state index contributed by atoms with van der Waals surface area (Å²) in [5.41, 5.74) is 0.421. The molecule has 0 radical (unpaired) electrons. The Balaban J connectivity index is 2.89. The second-order valence-corrected chi connectivity index (χ2v) is 2.87. The monoisotopic (exact) mass is 219 g/mol. The van der Waals surface area contributed by atoms with E-state index in [1.54, 1.807) is 18.2 Å². The molecule has 0 aliphatic rings. The highest BCUT2D eigenvalue weighted by Gasteiger charge is 2.08. The average Bonchev–Trinajstić information content (AvgIpc) is 2.24. The number of nitrogens with zero attached hydrogens (tertiary/aromatic N) is 1. The summed E-state index contributed by atoms with van der Waals surface area (Å²) in [4.78, 5) is 20.3. The van der Waals surface area contributed by atoms with Gasteiger partial charge >= 0.3 is 5.97 Å². The Morgan fingerprint density at radius 2 is 2.00 bits per heavy atom. The summed E-state index contributed by atoms with van der Waals surface area (Å²) >= 11 is 0. The van der Waals surface area contributed by atoms with Crippen LogP contribution in [0.25, 0.3) is 6.08 Å². The van der Waals surface area contributed by atoms with Crippen LogP contribution in [0.15, 0.2) is 42.5 Å². The highest BCUT2D eigenvalue weighted by Crippen LogP contribution is 2.18. The zero-order valence-corrected chi connectivity index (χ0v) is 8.24. The molecule has 0 saturated heterocycles. The molecule has 5 nitrogen and oxygen atoms in total. The van der Waals surface area contributed by atoms with Crippen LogP contribution >= 0.6 is 0 Å². The average molecular weight is 219 g/mol.